The first-order valence-corrected chi connectivity index (χ1v) is 5.66. The van der Waals surface area contributed by atoms with Crippen LogP contribution in [0.3, 0.4) is 0 Å². The third kappa shape index (κ3) is 2.38. The zero-order valence-corrected chi connectivity index (χ0v) is 10.7. The summed E-state index contributed by atoms with van der Waals surface area (Å²) in [5.74, 6) is -1.16. The Labute approximate surface area is 112 Å². The van der Waals surface area contributed by atoms with Gasteiger partial charge in [0.1, 0.15) is 5.56 Å². The van der Waals surface area contributed by atoms with Crippen LogP contribution in [-0.4, -0.2) is 20.9 Å². The SMILES string of the molecule is Cc1nn(C)c(-c2ccc(C(F)(F)F)cc2)c1C(=O)O. The van der Waals surface area contributed by atoms with Crippen molar-refractivity contribution in [3.8, 4) is 11.3 Å². The molecule has 7 heteroatoms. The van der Waals surface area contributed by atoms with Crippen LogP contribution in [0, 0.1) is 6.92 Å². The van der Waals surface area contributed by atoms with E-state index in [1.807, 2.05) is 0 Å². The van der Waals surface area contributed by atoms with Crippen LogP contribution in [0.5, 0.6) is 0 Å². The molecule has 0 aliphatic rings. The Hall–Kier alpha value is -2.31. The molecule has 2 rings (SSSR count). The number of halogens is 3. The zero-order valence-electron chi connectivity index (χ0n) is 10.7. The average Bonchev–Trinajstić information content (AvgIpc) is 2.63. The number of benzene rings is 1. The Morgan fingerprint density at radius 1 is 1.25 bits per heavy atom. The van der Waals surface area contributed by atoms with Gasteiger partial charge in [-0.05, 0) is 19.1 Å². The molecule has 1 aromatic carbocycles. The summed E-state index contributed by atoms with van der Waals surface area (Å²) in [5.41, 5.74) is 0.182. The summed E-state index contributed by atoms with van der Waals surface area (Å²) >= 11 is 0. The summed E-state index contributed by atoms with van der Waals surface area (Å²) in [4.78, 5) is 11.2. The zero-order chi connectivity index (χ0) is 15.1. The molecule has 0 aliphatic heterocycles. The molecule has 0 radical (unpaired) electrons. The maximum absolute atomic E-state index is 12.5. The number of aromatic carboxylic acids is 1. The summed E-state index contributed by atoms with van der Waals surface area (Å²) in [5, 5.41) is 13.2. The topological polar surface area (TPSA) is 55.1 Å². The quantitative estimate of drug-likeness (QED) is 0.921. The monoisotopic (exact) mass is 284 g/mol. The van der Waals surface area contributed by atoms with E-state index in [4.69, 9.17) is 0 Å². The standard InChI is InChI=1S/C13H11F3N2O2/c1-7-10(12(19)20)11(18(2)17-7)8-3-5-9(6-4-8)13(14,15)16/h3-6H,1-2H3,(H,19,20). The number of hydrogen-bond acceptors (Lipinski definition) is 2. The minimum atomic E-state index is -4.42. The summed E-state index contributed by atoms with van der Waals surface area (Å²) in [6.07, 6.45) is -4.42. The molecule has 0 unspecified atom stereocenters. The molecule has 1 N–H and O–H groups in total. The number of carbonyl (C=O) groups is 1. The maximum Gasteiger partial charge on any atom is 0.416 e. The Morgan fingerprint density at radius 3 is 2.25 bits per heavy atom. The smallest absolute Gasteiger partial charge is 0.416 e. The van der Waals surface area contributed by atoms with Crippen LogP contribution >= 0.6 is 0 Å². The molecule has 106 valence electrons. The second kappa shape index (κ2) is 4.66. The van der Waals surface area contributed by atoms with E-state index in [9.17, 15) is 23.1 Å². The van der Waals surface area contributed by atoms with Crippen molar-refractivity contribution in [2.75, 3.05) is 0 Å². The van der Waals surface area contributed by atoms with Gasteiger partial charge >= 0.3 is 12.1 Å². The van der Waals surface area contributed by atoms with Gasteiger partial charge in [0, 0.05) is 12.6 Å². The van der Waals surface area contributed by atoms with Crippen molar-refractivity contribution in [2.45, 2.75) is 13.1 Å². The molecule has 0 fully saturated rings. The van der Waals surface area contributed by atoms with Crippen LogP contribution in [-0.2, 0) is 13.2 Å². The van der Waals surface area contributed by atoms with Gasteiger partial charge in [0.05, 0.1) is 17.0 Å². The van der Waals surface area contributed by atoms with E-state index in [1.165, 1.54) is 23.7 Å². The molecule has 0 atom stereocenters. The van der Waals surface area contributed by atoms with E-state index in [0.29, 0.717) is 11.3 Å². The molecule has 0 saturated carbocycles. The largest absolute Gasteiger partial charge is 0.478 e. The van der Waals surface area contributed by atoms with Crippen molar-refractivity contribution in [2.24, 2.45) is 7.05 Å². The first kappa shape index (κ1) is 14.1. The number of aromatic nitrogens is 2. The van der Waals surface area contributed by atoms with Gasteiger partial charge in [0.25, 0.3) is 0 Å². The van der Waals surface area contributed by atoms with Crippen LogP contribution in [0.2, 0.25) is 0 Å². The van der Waals surface area contributed by atoms with Gasteiger partial charge in [0.2, 0.25) is 0 Å². The van der Waals surface area contributed by atoms with Crippen molar-refractivity contribution in [1.29, 1.82) is 0 Å². The number of carboxylic acid groups (broad SMARTS) is 1. The van der Waals surface area contributed by atoms with Gasteiger partial charge in [-0.3, -0.25) is 4.68 Å². The summed E-state index contributed by atoms with van der Waals surface area (Å²) in [6.45, 7) is 1.54. The summed E-state index contributed by atoms with van der Waals surface area (Å²) in [7, 11) is 1.55. The number of hydrogen-bond donors (Lipinski definition) is 1. The number of rotatable bonds is 2. The molecule has 0 bridgehead atoms. The molecular weight excluding hydrogens is 273 g/mol. The van der Waals surface area contributed by atoms with Crippen LogP contribution in [0.25, 0.3) is 11.3 Å². The van der Waals surface area contributed by atoms with Crippen LogP contribution in [0.4, 0.5) is 13.2 Å². The fraction of sp³-hybridized carbons (Fsp3) is 0.231. The molecular formula is C13H11F3N2O2. The van der Waals surface area contributed by atoms with Gasteiger partial charge in [-0.15, -0.1) is 0 Å². The molecule has 0 aliphatic carbocycles. The second-order valence-corrected chi connectivity index (χ2v) is 4.31. The fourth-order valence-electron chi connectivity index (χ4n) is 2.06. The lowest BCUT2D eigenvalue weighted by Gasteiger charge is -2.08. The highest BCUT2D eigenvalue weighted by Crippen LogP contribution is 2.32. The van der Waals surface area contributed by atoms with E-state index in [2.05, 4.69) is 5.10 Å². The Kier molecular flexibility index (Phi) is 3.29. The van der Waals surface area contributed by atoms with Crippen molar-refractivity contribution in [1.82, 2.24) is 9.78 Å². The van der Waals surface area contributed by atoms with E-state index in [1.54, 1.807) is 7.05 Å². The molecule has 2 aromatic rings. The molecule has 0 saturated heterocycles. The van der Waals surface area contributed by atoms with Gasteiger partial charge in [0.15, 0.2) is 0 Å². The number of carboxylic acids is 1. The van der Waals surface area contributed by atoms with E-state index < -0.39 is 17.7 Å². The van der Waals surface area contributed by atoms with Gasteiger partial charge in [-0.1, -0.05) is 12.1 Å². The van der Waals surface area contributed by atoms with Crippen LogP contribution in [0.15, 0.2) is 24.3 Å². The van der Waals surface area contributed by atoms with Crippen molar-refractivity contribution in [3.63, 3.8) is 0 Å². The summed E-state index contributed by atoms with van der Waals surface area (Å²) in [6, 6.07) is 4.32. The van der Waals surface area contributed by atoms with E-state index >= 15 is 0 Å². The Balaban J connectivity index is 2.55. The average molecular weight is 284 g/mol. The minimum absolute atomic E-state index is 0.00717. The normalized spacial score (nSPS) is 11.7. The minimum Gasteiger partial charge on any atom is -0.478 e. The van der Waals surface area contributed by atoms with Crippen LogP contribution < -0.4 is 0 Å². The van der Waals surface area contributed by atoms with Crippen molar-refractivity contribution < 1.29 is 23.1 Å². The first-order valence-electron chi connectivity index (χ1n) is 5.66. The van der Waals surface area contributed by atoms with Gasteiger partial charge in [-0.25, -0.2) is 4.79 Å². The van der Waals surface area contributed by atoms with E-state index in [-0.39, 0.29) is 11.3 Å². The molecule has 0 spiro atoms. The van der Waals surface area contributed by atoms with Crippen LogP contribution in [0.1, 0.15) is 21.6 Å². The third-order valence-electron chi connectivity index (χ3n) is 2.92. The Morgan fingerprint density at radius 2 is 1.80 bits per heavy atom. The van der Waals surface area contributed by atoms with Crippen molar-refractivity contribution >= 4 is 5.97 Å². The lowest BCUT2D eigenvalue weighted by molar-refractivity contribution is -0.137. The van der Waals surface area contributed by atoms with Gasteiger partial charge < -0.3 is 5.11 Å². The molecule has 1 heterocycles. The number of aryl methyl sites for hydroxylation is 2. The maximum atomic E-state index is 12.5. The van der Waals surface area contributed by atoms with E-state index in [0.717, 1.165) is 12.1 Å². The predicted molar refractivity (Wildman–Crippen MR) is 65.3 cm³/mol. The highest BCUT2D eigenvalue weighted by atomic mass is 19.4. The third-order valence-corrected chi connectivity index (χ3v) is 2.92. The highest BCUT2D eigenvalue weighted by Gasteiger charge is 2.30. The molecule has 20 heavy (non-hydrogen) atoms. The highest BCUT2D eigenvalue weighted by molar-refractivity contribution is 5.96. The number of alkyl halides is 3. The van der Waals surface area contributed by atoms with Crippen molar-refractivity contribution in [3.05, 3.63) is 41.1 Å². The lowest BCUT2D eigenvalue weighted by Crippen LogP contribution is -2.05. The lowest BCUT2D eigenvalue weighted by atomic mass is 10.0. The fourth-order valence-corrected chi connectivity index (χ4v) is 2.06. The second-order valence-electron chi connectivity index (χ2n) is 4.31. The number of nitrogens with zero attached hydrogens (tertiary/aromatic N) is 2. The Bertz CT molecular complexity index is 657. The predicted octanol–water partition coefficient (Wildman–Crippen LogP) is 3.11. The first-order chi connectivity index (χ1) is 9.21. The molecule has 4 nitrogen and oxygen atoms in total. The summed E-state index contributed by atoms with van der Waals surface area (Å²) < 4.78 is 38.9. The molecule has 1 aromatic heterocycles. The molecule has 0 amide bonds. The van der Waals surface area contributed by atoms with Gasteiger partial charge in [-0.2, -0.15) is 18.3 Å².